The van der Waals surface area contributed by atoms with Crippen molar-refractivity contribution in [1.29, 1.82) is 5.26 Å². The molecule has 0 aliphatic heterocycles. The van der Waals surface area contributed by atoms with Gasteiger partial charge < -0.3 is 5.32 Å². The summed E-state index contributed by atoms with van der Waals surface area (Å²) in [5, 5.41) is 11.3. The number of benzene rings is 2. The highest BCUT2D eigenvalue weighted by Gasteiger charge is 2.25. The molecule has 32 heavy (non-hydrogen) atoms. The van der Waals surface area contributed by atoms with Gasteiger partial charge in [-0.15, -0.1) is 5.54 Å². The Balaban J connectivity index is 2.66. The lowest BCUT2D eigenvalue weighted by Gasteiger charge is -2.14. The zero-order valence-electron chi connectivity index (χ0n) is 18.1. The standard InChI is InChI=1S/C22H20F2N2O4SSi/c1-13(27)20-18(11-17(23)15(21(20)24)8-9-32(3,4)5)26-22(28)16-10-14(12-25)6-7-19(16)31(2,29)30/h6-7,10-11H,1-5H3,(H,26,28). The van der Waals surface area contributed by atoms with Crippen molar-refractivity contribution in [2.75, 3.05) is 11.6 Å². The summed E-state index contributed by atoms with van der Waals surface area (Å²) < 4.78 is 53.7. The average Bonchev–Trinajstić information content (AvgIpc) is 2.65. The number of Topliss-reactive ketones (excluding diaryl/α,β-unsaturated/α-hetero) is 1. The number of anilines is 1. The number of sulfone groups is 1. The molecular formula is C22H20F2N2O4SSi. The van der Waals surface area contributed by atoms with E-state index in [1.165, 1.54) is 6.07 Å². The van der Waals surface area contributed by atoms with E-state index in [4.69, 9.17) is 5.26 Å². The maximum atomic E-state index is 15.0. The van der Waals surface area contributed by atoms with Crippen molar-refractivity contribution in [2.45, 2.75) is 31.5 Å². The normalized spacial score (nSPS) is 11.2. The smallest absolute Gasteiger partial charge is 0.257 e. The Morgan fingerprint density at radius 1 is 1.12 bits per heavy atom. The molecule has 0 aliphatic rings. The summed E-state index contributed by atoms with van der Waals surface area (Å²) in [5.74, 6) is -1.68. The first kappa shape index (κ1) is 24.9. The number of hydrogen-bond acceptors (Lipinski definition) is 5. The minimum Gasteiger partial charge on any atom is -0.321 e. The van der Waals surface area contributed by atoms with Crippen LogP contribution in [0.5, 0.6) is 0 Å². The zero-order chi connectivity index (χ0) is 24.4. The molecule has 166 valence electrons. The largest absolute Gasteiger partial charge is 0.321 e. The van der Waals surface area contributed by atoms with Crippen molar-refractivity contribution in [3.05, 3.63) is 58.2 Å². The van der Waals surface area contributed by atoms with Gasteiger partial charge in [0, 0.05) is 6.26 Å². The van der Waals surface area contributed by atoms with E-state index in [9.17, 15) is 22.4 Å². The lowest BCUT2D eigenvalue weighted by Crippen LogP contribution is -2.19. The lowest BCUT2D eigenvalue weighted by atomic mass is 10.0. The molecule has 0 fully saturated rings. The SMILES string of the molecule is CC(=O)c1c(NC(=O)c2cc(C#N)ccc2S(C)(=O)=O)cc(F)c(C#C[Si](C)(C)C)c1F. The van der Waals surface area contributed by atoms with E-state index in [0.717, 1.165) is 31.4 Å². The Morgan fingerprint density at radius 3 is 2.25 bits per heavy atom. The number of amides is 1. The Morgan fingerprint density at radius 2 is 1.75 bits per heavy atom. The highest BCUT2D eigenvalue weighted by atomic mass is 32.2. The first-order valence-electron chi connectivity index (χ1n) is 9.27. The van der Waals surface area contributed by atoms with Gasteiger partial charge >= 0.3 is 0 Å². The predicted molar refractivity (Wildman–Crippen MR) is 119 cm³/mol. The van der Waals surface area contributed by atoms with Crippen molar-refractivity contribution in [2.24, 2.45) is 0 Å². The molecule has 0 radical (unpaired) electrons. The number of hydrogen-bond donors (Lipinski definition) is 1. The topological polar surface area (TPSA) is 104 Å². The van der Waals surface area contributed by atoms with Gasteiger partial charge in [-0.3, -0.25) is 9.59 Å². The van der Waals surface area contributed by atoms with Gasteiger partial charge in [0.1, 0.15) is 13.9 Å². The fourth-order valence-corrected chi connectivity index (χ4v) is 4.08. The molecule has 0 saturated carbocycles. The highest BCUT2D eigenvalue weighted by molar-refractivity contribution is 7.90. The molecule has 0 saturated heterocycles. The van der Waals surface area contributed by atoms with Crippen LogP contribution >= 0.6 is 0 Å². The Kier molecular flexibility index (Phi) is 7.03. The monoisotopic (exact) mass is 474 g/mol. The second-order valence-electron chi connectivity index (χ2n) is 8.08. The van der Waals surface area contributed by atoms with E-state index in [0.29, 0.717) is 0 Å². The van der Waals surface area contributed by atoms with E-state index in [-0.39, 0.29) is 10.5 Å². The minimum atomic E-state index is -3.87. The van der Waals surface area contributed by atoms with Gasteiger partial charge in [-0.05, 0) is 31.2 Å². The molecule has 10 heteroatoms. The van der Waals surface area contributed by atoms with E-state index < -0.39 is 63.6 Å². The second-order valence-corrected chi connectivity index (χ2v) is 14.8. The molecule has 0 aromatic heterocycles. The van der Waals surface area contributed by atoms with Crippen LogP contribution in [0, 0.1) is 34.4 Å². The van der Waals surface area contributed by atoms with Crippen molar-refractivity contribution >= 4 is 35.3 Å². The van der Waals surface area contributed by atoms with Crippen molar-refractivity contribution in [3.8, 4) is 17.5 Å². The number of halogens is 2. The first-order valence-corrected chi connectivity index (χ1v) is 14.7. The fourth-order valence-electron chi connectivity index (χ4n) is 2.72. The number of rotatable bonds is 4. The maximum Gasteiger partial charge on any atom is 0.257 e. The average molecular weight is 475 g/mol. The number of nitrogens with zero attached hydrogens (tertiary/aromatic N) is 1. The number of nitriles is 1. The highest BCUT2D eigenvalue weighted by Crippen LogP contribution is 2.27. The van der Waals surface area contributed by atoms with Gasteiger partial charge in [0.15, 0.2) is 21.4 Å². The molecule has 1 N–H and O–H groups in total. The number of carbonyl (C=O) groups excluding carboxylic acids is 2. The van der Waals surface area contributed by atoms with Gasteiger partial charge in [0.05, 0.1) is 38.9 Å². The molecular weight excluding hydrogens is 454 g/mol. The van der Waals surface area contributed by atoms with E-state index in [1.54, 1.807) is 6.07 Å². The second kappa shape index (κ2) is 9.03. The minimum absolute atomic E-state index is 0.00340. The van der Waals surface area contributed by atoms with Gasteiger partial charge in [-0.1, -0.05) is 25.6 Å². The van der Waals surface area contributed by atoms with E-state index in [2.05, 4.69) is 16.8 Å². The van der Waals surface area contributed by atoms with Crippen LogP contribution < -0.4 is 5.32 Å². The van der Waals surface area contributed by atoms with Crippen LogP contribution in [-0.4, -0.2) is 34.4 Å². The summed E-state index contributed by atoms with van der Waals surface area (Å²) in [6.45, 7) is 6.68. The van der Waals surface area contributed by atoms with Crippen molar-refractivity contribution < 1.29 is 26.8 Å². The number of ketones is 1. The third kappa shape index (κ3) is 5.66. The third-order valence-corrected chi connectivity index (χ3v) is 6.16. The van der Waals surface area contributed by atoms with Crippen LogP contribution in [0.25, 0.3) is 0 Å². The van der Waals surface area contributed by atoms with Crippen molar-refractivity contribution in [1.82, 2.24) is 0 Å². The molecule has 0 spiro atoms. The van der Waals surface area contributed by atoms with Gasteiger partial charge in [0.2, 0.25) is 0 Å². The van der Waals surface area contributed by atoms with Crippen LogP contribution in [-0.2, 0) is 9.84 Å². The summed E-state index contributed by atoms with van der Waals surface area (Å²) in [6.07, 6.45) is 0.873. The first-order chi connectivity index (χ1) is 14.7. The summed E-state index contributed by atoms with van der Waals surface area (Å²) in [7, 11) is -5.85. The molecule has 0 heterocycles. The Bertz CT molecular complexity index is 1350. The molecule has 6 nitrogen and oxygen atoms in total. The van der Waals surface area contributed by atoms with Crippen molar-refractivity contribution in [3.63, 3.8) is 0 Å². The van der Waals surface area contributed by atoms with Gasteiger partial charge in [0.25, 0.3) is 5.91 Å². The summed E-state index contributed by atoms with van der Waals surface area (Å²) in [5.41, 5.74) is 0.782. The molecule has 0 atom stereocenters. The molecule has 0 aliphatic carbocycles. The maximum absolute atomic E-state index is 15.0. The fraction of sp³-hybridized carbons (Fsp3) is 0.227. The number of nitrogens with one attached hydrogen (secondary N) is 1. The molecule has 2 aromatic rings. The van der Waals surface area contributed by atoms with Gasteiger partial charge in [-0.2, -0.15) is 5.26 Å². The number of carbonyl (C=O) groups is 2. The van der Waals surface area contributed by atoms with E-state index in [1.807, 2.05) is 19.6 Å². The predicted octanol–water partition coefficient (Wildman–Crippen LogP) is 3.92. The summed E-state index contributed by atoms with van der Waals surface area (Å²) in [4.78, 5) is 24.6. The lowest BCUT2D eigenvalue weighted by molar-refractivity contribution is 0.101. The van der Waals surface area contributed by atoms with Crippen LogP contribution in [0.15, 0.2) is 29.2 Å². The molecule has 2 aromatic carbocycles. The quantitative estimate of drug-likeness (QED) is 0.411. The molecule has 0 bridgehead atoms. The molecule has 1 amide bonds. The van der Waals surface area contributed by atoms with Gasteiger partial charge in [-0.25, -0.2) is 17.2 Å². The summed E-state index contributed by atoms with van der Waals surface area (Å²) in [6, 6.07) is 5.90. The zero-order valence-corrected chi connectivity index (χ0v) is 19.9. The summed E-state index contributed by atoms with van der Waals surface area (Å²) >= 11 is 0. The van der Waals surface area contributed by atoms with E-state index >= 15 is 4.39 Å². The Hall–Kier alpha value is -3.34. The van der Waals surface area contributed by atoms with Crippen LogP contribution in [0.2, 0.25) is 19.6 Å². The third-order valence-electron chi connectivity index (χ3n) is 4.13. The Labute approximate surface area is 186 Å². The molecule has 2 rings (SSSR count). The molecule has 0 unspecified atom stereocenters. The van der Waals surface area contributed by atoms with Crippen LogP contribution in [0.4, 0.5) is 14.5 Å². The van der Waals surface area contributed by atoms with Crippen LogP contribution in [0.1, 0.15) is 38.8 Å². The van der Waals surface area contributed by atoms with Crippen LogP contribution in [0.3, 0.4) is 0 Å².